The molecule has 2 saturated carbocycles. The standard InChI is InChI=1S/C59H73N7O15/c1-8-21-79-55(72)62-49(35(3)4)51(68)60-36(5)50(67)61-38-15-13-37(14-16-38)32-81-57(74)66-43-28-48(46(76-7)26-41(43)53(70)65-34-59(19-20-59)30-44(65)54(66)71)78-24-12-10-11-23-77-47-27-42-40(25-45(47)75-6)52(69)64-33-58(17-18-58)29-39(64)31-63(42)56(73)80-22-9-2/h8-9,13-16,25-28,35-36,39,44,49,54,71H,1-2,10-12,17-24,29-34H2,3-7H3,(H,60,68)(H,61,67)(H,62,72)/t36-,39-,44-,49-,54?/m0/s1. The SMILES string of the molecule is C=CCOC(=O)N[C@H](C(=O)N[C@@H](C)C(=O)Nc1ccc(COC(=O)N2c3cc(OCCCCCOc4cc5c(cc4OC)C(=O)N4CC6(CC6)C[C@H]4CN5C(=O)OCC=C)c(OC)cc3C(=O)N3CC4(CC4)C[C@H]3C2O)cc1)C(C)C. The van der Waals surface area contributed by atoms with Gasteiger partial charge in [0.1, 0.15) is 31.9 Å². The summed E-state index contributed by atoms with van der Waals surface area (Å²) in [4.78, 5) is 101. The molecule has 22 nitrogen and oxygen atoms in total. The van der Waals surface area contributed by atoms with E-state index in [0.717, 1.165) is 37.0 Å². The molecule has 9 rings (SSSR count). The third-order valence-corrected chi connectivity index (χ3v) is 16.1. The Morgan fingerprint density at radius 3 is 1.89 bits per heavy atom. The minimum Gasteiger partial charge on any atom is -0.493 e. The van der Waals surface area contributed by atoms with E-state index in [1.54, 1.807) is 55.1 Å². The van der Waals surface area contributed by atoms with E-state index < -0.39 is 54.4 Å². The number of ether oxygens (including phenoxy) is 7. The lowest BCUT2D eigenvalue weighted by Gasteiger charge is -2.31. The molecular formula is C59H73N7O15. The van der Waals surface area contributed by atoms with Crippen LogP contribution in [0.1, 0.15) is 105 Å². The van der Waals surface area contributed by atoms with Crippen LogP contribution in [-0.2, 0) is 30.4 Å². The minimum atomic E-state index is -1.46. The van der Waals surface area contributed by atoms with Gasteiger partial charge in [0, 0.05) is 37.5 Å². The number of amides is 7. The summed E-state index contributed by atoms with van der Waals surface area (Å²) in [6, 6.07) is 10.1. The fourth-order valence-electron chi connectivity index (χ4n) is 11.3. The minimum absolute atomic E-state index is 0.0204. The Kier molecular flexibility index (Phi) is 17.4. The molecule has 5 atom stereocenters. The first kappa shape index (κ1) is 57.7. The molecule has 7 amide bonds. The van der Waals surface area contributed by atoms with Gasteiger partial charge in [-0.1, -0.05) is 51.3 Å². The van der Waals surface area contributed by atoms with Crippen LogP contribution in [0.15, 0.2) is 73.8 Å². The number of nitrogens with one attached hydrogen (secondary N) is 3. The third-order valence-electron chi connectivity index (χ3n) is 16.1. The molecule has 4 aliphatic heterocycles. The number of alkyl carbamates (subject to hydrolysis) is 1. The molecule has 3 aromatic carbocycles. The number of benzene rings is 3. The lowest BCUT2D eigenvalue weighted by atomic mass is 10.0. The molecule has 4 fully saturated rings. The van der Waals surface area contributed by atoms with Crippen LogP contribution in [0.25, 0.3) is 0 Å². The number of hydrogen-bond acceptors (Lipinski definition) is 15. The number of carbonyl (C=O) groups excluding carboxylic acids is 7. The van der Waals surface area contributed by atoms with E-state index in [9.17, 15) is 38.7 Å². The summed E-state index contributed by atoms with van der Waals surface area (Å²) in [5.41, 5.74) is 1.93. The molecular weight excluding hydrogens is 1050 g/mol. The van der Waals surface area contributed by atoms with Crippen LogP contribution < -0.4 is 44.7 Å². The monoisotopic (exact) mass is 1120 g/mol. The first-order chi connectivity index (χ1) is 38.9. The molecule has 81 heavy (non-hydrogen) atoms. The number of rotatable bonds is 22. The number of carbonyl (C=O) groups is 7. The second-order valence-electron chi connectivity index (χ2n) is 22.3. The van der Waals surface area contributed by atoms with Crippen LogP contribution in [-0.4, -0.2) is 147 Å². The Hall–Kier alpha value is -8.01. The molecule has 22 heteroatoms. The topological polar surface area (TPSA) is 253 Å². The van der Waals surface area contributed by atoms with Crippen molar-refractivity contribution in [2.75, 3.05) is 75.4 Å². The zero-order valence-corrected chi connectivity index (χ0v) is 46.6. The van der Waals surface area contributed by atoms with Crippen LogP contribution in [0.2, 0.25) is 0 Å². The Balaban J connectivity index is 0.822. The van der Waals surface area contributed by atoms with Gasteiger partial charge in [0.15, 0.2) is 29.2 Å². The molecule has 2 aliphatic carbocycles. The number of fused-ring (bicyclic) bond motifs is 4. The Bertz CT molecular complexity index is 2920. The molecule has 6 aliphatic rings. The van der Waals surface area contributed by atoms with Crippen molar-refractivity contribution in [3.63, 3.8) is 0 Å². The second kappa shape index (κ2) is 24.4. The van der Waals surface area contributed by atoms with E-state index in [4.69, 9.17) is 33.2 Å². The van der Waals surface area contributed by atoms with Crippen LogP contribution in [0.4, 0.5) is 31.4 Å². The number of aliphatic hydroxyl groups is 1. The highest BCUT2D eigenvalue weighted by molar-refractivity contribution is 6.07. The quantitative estimate of drug-likeness (QED) is 0.0437. The average Bonchev–Trinajstić information content (AvgIpc) is 4.45. The highest BCUT2D eigenvalue weighted by Gasteiger charge is 2.58. The van der Waals surface area contributed by atoms with Gasteiger partial charge < -0.3 is 64.0 Å². The molecule has 4 heterocycles. The van der Waals surface area contributed by atoms with E-state index >= 15 is 0 Å². The summed E-state index contributed by atoms with van der Waals surface area (Å²) < 4.78 is 40.3. The van der Waals surface area contributed by atoms with Crippen molar-refractivity contribution >= 4 is 59.0 Å². The molecule has 0 radical (unpaired) electrons. The molecule has 434 valence electrons. The predicted octanol–water partition coefficient (Wildman–Crippen LogP) is 7.32. The lowest BCUT2D eigenvalue weighted by Crippen LogP contribution is -2.53. The highest BCUT2D eigenvalue weighted by atomic mass is 16.6. The Morgan fingerprint density at radius 2 is 1.28 bits per heavy atom. The molecule has 3 aromatic rings. The van der Waals surface area contributed by atoms with Crippen molar-refractivity contribution < 1.29 is 71.8 Å². The van der Waals surface area contributed by atoms with Crippen molar-refractivity contribution in [1.29, 1.82) is 0 Å². The molecule has 4 N–H and O–H groups in total. The highest BCUT2D eigenvalue weighted by Crippen LogP contribution is 2.58. The van der Waals surface area contributed by atoms with Gasteiger partial charge in [-0.2, -0.15) is 0 Å². The number of methoxy groups -OCH3 is 2. The van der Waals surface area contributed by atoms with Gasteiger partial charge in [0.2, 0.25) is 11.8 Å². The predicted molar refractivity (Wildman–Crippen MR) is 297 cm³/mol. The number of anilines is 3. The Labute approximate surface area is 471 Å². The van der Waals surface area contributed by atoms with E-state index in [2.05, 4.69) is 29.1 Å². The summed E-state index contributed by atoms with van der Waals surface area (Å²) in [6.45, 7) is 13.8. The smallest absolute Gasteiger partial charge is 0.416 e. The maximum Gasteiger partial charge on any atom is 0.416 e. The molecule has 0 aromatic heterocycles. The molecule has 2 saturated heterocycles. The summed E-state index contributed by atoms with van der Waals surface area (Å²) in [7, 11) is 2.96. The van der Waals surface area contributed by atoms with Gasteiger partial charge >= 0.3 is 18.3 Å². The summed E-state index contributed by atoms with van der Waals surface area (Å²) in [5.74, 6) is -0.673. The molecule has 2 spiro atoms. The van der Waals surface area contributed by atoms with Crippen molar-refractivity contribution in [3.05, 3.63) is 90.5 Å². The first-order valence-corrected chi connectivity index (χ1v) is 27.7. The van der Waals surface area contributed by atoms with E-state index in [-0.39, 0.29) is 90.4 Å². The van der Waals surface area contributed by atoms with Crippen molar-refractivity contribution in [1.82, 2.24) is 20.4 Å². The number of hydrogen-bond donors (Lipinski definition) is 4. The lowest BCUT2D eigenvalue weighted by molar-refractivity contribution is -0.128. The van der Waals surface area contributed by atoms with Crippen molar-refractivity contribution in [3.8, 4) is 23.0 Å². The maximum atomic E-state index is 14.4. The molecule has 0 bridgehead atoms. The first-order valence-electron chi connectivity index (χ1n) is 27.7. The Morgan fingerprint density at radius 1 is 0.704 bits per heavy atom. The zero-order chi connectivity index (χ0) is 57.8. The third kappa shape index (κ3) is 12.6. The fourth-order valence-corrected chi connectivity index (χ4v) is 11.3. The van der Waals surface area contributed by atoms with Gasteiger partial charge in [-0.05, 0) is 111 Å². The maximum absolute atomic E-state index is 14.4. The van der Waals surface area contributed by atoms with E-state index in [0.29, 0.717) is 79.3 Å². The largest absolute Gasteiger partial charge is 0.493 e. The van der Waals surface area contributed by atoms with Crippen LogP contribution in [0.3, 0.4) is 0 Å². The van der Waals surface area contributed by atoms with Crippen molar-refractivity contribution in [2.24, 2.45) is 16.7 Å². The summed E-state index contributed by atoms with van der Waals surface area (Å²) >= 11 is 0. The summed E-state index contributed by atoms with van der Waals surface area (Å²) in [6.07, 6.45) is 6.28. The van der Waals surface area contributed by atoms with E-state index in [1.165, 1.54) is 50.3 Å². The van der Waals surface area contributed by atoms with Crippen molar-refractivity contribution in [2.45, 2.75) is 116 Å². The second-order valence-corrected chi connectivity index (χ2v) is 22.3. The van der Waals surface area contributed by atoms with Gasteiger partial charge in [-0.3, -0.25) is 24.1 Å². The van der Waals surface area contributed by atoms with E-state index in [1.807, 2.05) is 4.90 Å². The van der Waals surface area contributed by atoms with Crippen LogP contribution in [0.5, 0.6) is 23.0 Å². The number of nitrogens with zero attached hydrogens (tertiary/aromatic N) is 4. The summed E-state index contributed by atoms with van der Waals surface area (Å²) in [5, 5.41) is 20.0. The fraction of sp³-hybridized carbons (Fsp3) is 0.508. The normalized spacial score (nSPS) is 20.3. The zero-order valence-electron chi connectivity index (χ0n) is 46.6. The van der Waals surface area contributed by atoms with Gasteiger partial charge in [-0.15, -0.1) is 0 Å². The number of aliphatic hydroxyl groups excluding tert-OH is 1. The van der Waals surface area contributed by atoms with Gasteiger partial charge in [-0.25, -0.2) is 19.3 Å². The molecule has 1 unspecified atom stereocenters. The van der Waals surface area contributed by atoms with Gasteiger partial charge in [0.05, 0.1) is 62.0 Å². The van der Waals surface area contributed by atoms with Crippen LogP contribution in [0, 0.1) is 16.7 Å². The number of unbranched alkanes of at least 4 members (excludes halogenated alkanes) is 2. The van der Waals surface area contributed by atoms with Crippen LogP contribution >= 0.6 is 0 Å². The van der Waals surface area contributed by atoms with Gasteiger partial charge in [0.25, 0.3) is 11.8 Å². The average molecular weight is 1120 g/mol.